The summed E-state index contributed by atoms with van der Waals surface area (Å²) in [6.45, 7) is 10.8. The number of ether oxygens (including phenoxy) is 1. The van der Waals surface area contributed by atoms with Crippen LogP contribution in [-0.2, 0) is 14.8 Å². The second-order valence-electron chi connectivity index (χ2n) is 7.64. The highest BCUT2D eigenvalue weighted by Gasteiger charge is 2.25. The Morgan fingerprint density at radius 1 is 1.06 bits per heavy atom. The van der Waals surface area contributed by atoms with Crippen LogP contribution in [0.25, 0.3) is 0 Å². The molecule has 1 aliphatic rings. The van der Waals surface area contributed by atoms with Crippen molar-refractivity contribution in [1.29, 1.82) is 0 Å². The maximum absolute atomic E-state index is 13.1. The molecule has 7 nitrogen and oxygen atoms in total. The summed E-state index contributed by atoms with van der Waals surface area (Å²) in [5.41, 5.74) is 3.79. The number of rotatable bonds is 7. The Morgan fingerprint density at radius 3 is 2.35 bits per heavy atom. The normalized spacial score (nSPS) is 14.7. The third-order valence-electron chi connectivity index (χ3n) is 5.54. The number of aryl methyl sites for hydroxylation is 2. The molecule has 0 bridgehead atoms. The van der Waals surface area contributed by atoms with Crippen molar-refractivity contribution in [2.75, 3.05) is 49.6 Å². The largest absolute Gasteiger partial charge is 0.378 e. The zero-order chi connectivity index (χ0) is 22.6. The molecular weight excluding hydrogens is 414 g/mol. The average Bonchev–Trinajstić information content (AvgIpc) is 2.75. The van der Waals surface area contributed by atoms with Crippen molar-refractivity contribution < 1.29 is 17.9 Å². The van der Waals surface area contributed by atoms with Crippen molar-refractivity contribution in [3.63, 3.8) is 0 Å². The molecule has 0 unspecified atom stereocenters. The summed E-state index contributed by atoms with van der Waals surface area (Å²) in [4.78, 5) is 15.4. The molecule has 0 saturated carbocycles. The Bertz CT molecular complexity index is 1040. The number of morpholine rings is 1. The van der Waals surface area contributed by atoms with E-state index in [0.717, 1.165) is 16.8 Å². The number of carbonyl (C=O) groups is 1. The van der Waals surface area contributed by atoms with Gasteiger partial charge in [0.1, 0.15) is 0 Å². The topological polar surface area (TPSA) is 79.0 Å². The molecule has 2 aromatic rings. The molecule has 1 saturated heterocycles. The fraction of sp³-hybridized carbons (Fsp3) is 0.435. The number of anilines is 2. The molecule has 0 aliphatic carbocycles. The van der Waals surface area contributed by atoms with E-state index in [4.69, 9.17) is 4.74 Å². The molecule has 1 aliphatic heterocycles. The fourth-order valence-corrected chi connectivity index (χ4v) is 5.31. The third kappa shape index (κ3) is 5.08. The summed E-state index contributed by atoms with van der Waals surface area (Å²) in [6, 6.07) is 10.6. The minimum absolute atomic E-state index is 0.170. The first-order chi connectivity index (χ1) is 14.8. The molecule has 1 fully saturated rings. The average molecular weight is 446 g/mol. The van der Waals surface area contributed by atoms with Crippen LogP contribution in [0.2, 0.25) is 0 Å². The number of sulfonamides is 1. The minimum atomic E-state index is -3.65. The second kappa shape index (κ2) is 9.80. The van der Waals surface area contributed by atoms with Gasteiger partial charge in [0.25, 0.3) is 5.91 Å². The van der Waals surface area contributed by atoms with Gasteiger partial charge in [0, 0.05) is 31.7 Å². The molecule has 0 atom stereocenters. The highest BCUT2D eigenvalue weighted by Crippen LogP contribution is 2.31. The van der Waals surface area contributed by atoms with Crippen LogP contribution in [0.1, 0.15) is 35.3 Å². The molecule has 0 spiro atoms. The zero-order valence-electron chi connectivity index (χ0n) is 18.6. The lowest BCUT2D eigenvalue weighted by atomic mass is 10.0. The molecule has 31 heavy (non-hydrogen) atoms. The Labute approximate surface area is 185 Å². The van der Waals surface area contributed by atoms with Gasteiger partial charge in [0.2, 0.25) is 10.0 Å². The molecule has 168 valence electrons. The Hall–Kier alpha value is -2.42. The van der Waals surface area contributed by atoms with Crippen LogP contribution in [0.3, 0.4) is 0 Å². The van der Waals surface area contributed by atoms with Crippen molar-refractivity contribution in [3.8, 4) is 0 Å². The number of amides is 1. The Morgan fingerprint density at radius 2 is 1.74 bits per heavy atom. The highest BCUT2D eigenvalue weighted by atomic mass is 32.2. The lowest BCUT2D eigenvalue weighted by Crippen LogP contribution is -2.37. The number of hydrogen-bond donors (Lipinski definition) is 1. The van der Waals surface area contributed by atoms with Gasteiger partial charge in [-0.3, -0.25) is 4.79 Å². The van der Waals surface area contributed by atoms with Crippen LogP contribution in [0, 0.1) is 13.8 Å². The first-order valence-electron chi connectivity index (χ1n) is 10.6. The van der Waals surface area contributed by atoms with Gasteiger partial charge >= 0.3 is 0 Å². The Balaban J connectivity index is 2.02. The molecular formula is C23H31N3O4S. The third-order valence-corrected chi connectivity index (χ3v) is 7.58. The van der Waals surface area contributed by atoms with E-state index in [0.29, 0.717) is 50.6 Å². The van der Waals surface area contributed by atoms with Gasteiger partial charge in [-0.15, -0.1) is 0 Å². The van der Waals surface area contributed by atoms with E-state index in [1.807, 2.05) is 39.8 Å². The molecule has 2 aromatic carbocycles. The summed E-state index contributed by atoms with van der Waals surface area (Å²) in [5, 5.41) is 2.97. The minimum Gasteiger partial charge on any atom is -0.378 e. The lowest BCUT2D eigenvalue weighted by molar-refractivity contribution is 0.102. The van der Waals surface area contributed by atoms with Gasteiger partial charge in [-0.1, -0.05) is 31.5 Å². The zero-order valence-corrected chi connectivity index (χ0v) is 19.5. The van der Waals surface area contributed by atoms with E-state index in [-0.39, 0.29) is 10.8 Å². The molecule has 0 radical (unpaired) electrons. The summed E-state index contributed by atoms with van der Waals surface area (Å²) < 4.78 is 33.0. The van der Waals surface area contributed by atoms with Crippen LogP contribution in [-0.4, -0.2) is 58.0 Å². The first kappa shape index (κ1) is 23.2. The smallest absolute Gasteiger partial charge is 0.255 e. The van der Waals surface area contributed by atoms with Crippen molar-refractivity contribution >= 4 is 27.3 Å². The summed E-state index contributed by atoms with van der Waals surface area (Å²) in [6.07, 6.45) is 0. The maximum Gasteiger partial charge on any atom is 0.255 e. The summed E-state index contributed by atoms with van der Waals surface area (Å²) in [7, 11) is -3.65. The standard InChI is InChI=1S/C23H31N3O4S/c1-5-26(6-2)31(28,29)19-8-10-22(25-11-13-30-14-12-25)21(16-19)24-23(27)20-9-7-17(3)15-18(20)4/h7-10,15-16H,5-6,11-14H2,1-4H3,(H,24,27). The molecule has 8 heteroatoms. The predicted molar refractivity (Wildman–Crippen MR) is 123 cm³/mol. The van der Waals surface area contributed by atoms with Crippen LogP contribution in [0.15, 0.2) is 41.3 Å². The monoisotopic (exact) mass is 445 g/mol. The number of nitrogens with one attached hydrogen (secondary N) is 1. The van der Waals surface area contributed by atoms with Crippen LogP contribution in [0.4, 0.5) is 11.4 Å². The van der Waals surface area contributed by atoms with Gasteiger partial charge in [0.05, 0.1) is 29.5 Å². The Kier molecular flexibility index (Phi) is 7.35. The van der Waals surface area contributed by atoms with Crippen molar-refractivity contribution in [3.05, 3.63) is 53.1 Å². The van der Waals surface area contributed by atoms with Gasteiger partial charge in [-0.25, -0.2) is 8.42 Å². The quantitative estimate of drug-likeness (QED) is 0.707. The molecule has 1 amide bonds. The van der Waals surface area contributed by atoms with E-state index in [2.05, 4.69) is 10.2 Å². The molecule has 0 aromatic heterocycles. The van der Waals surface area contributed by atoms with Gasteiger partial charge in [-0.05, 0) is 43.7 Å². The summed E-state index contributed by atoms with van der Waals surface area (Å²) in [5.74, 6) is -0.260. The lowest BCUT2D eigenvalue weighted by Gasteiger charge is -2.31. The van der Waals surface area contributed by atoms with Crippen molar-refractivity contribution in [2.24, 2.45) is 0 Å². The van der Waals surface area contributed by atoms with E-state index >= 15 is 0 Å². The van der Waals surface area contributed by atoms with E-state index in [1.54, 1.807) is 24.3 Å². The number of nitrogens with zero attached hydrogens (tertiary/aromatic N) is 2. The van der Waals surface area contributed by atoms with Crippen molar-refractivity contribution in [1.82, 2.24) is 4.31 Å². The van der Waals surface area contributed by atoms with Gasteiger partial charge < -0.3 is 15.0 Å². The number of benzene rings is 2. The van der Waals surface area contributed by atoms with Gasteiger partial charge in [0.15, 0.2) is 0 Å². The molecule has 1 N–H and O–H groups in total. The van der Waals surface area contributed by atoms with Crippen LogP contribution >= 0.6 is 0 Å². The van der Waals surface area contributed by atoms with Gasteiger partial charge in [-0.2, -0.15) is 4.31 Å². The number of carbonyl (C=O) groups excluding carboxylic acids is 1. The predicted octanol–water partition coefficient (Wildman–Crippen LogP) is 3.42. The first-order valence-corrected chi connectivity index (χ1v) is 12.1. The molecule has 1 heterocycles. The van der Waals surface area contributed by atoms with E-state index in [9.17, 15) is 13.2 Å². The SMILES string of the molecule is CCN(CC)S(=O)(=O)c1ccc(N2CCOCC2)c(NC(=O)c2ccc(C)cc2C)c1. The summed E-state index contributed by atoms with van der Waals surface area (Å²) >= 11 is 0. The van der Waals surface area contributed by atoms with E-state index in [1.165, 1.54) is 4.31 Å². The van der Waals surface area contributed by atoms with E-state index < -0.39 is 10.0 Å². The number of hydrogen-bond acceptors (Lipinski definition) is 5. The highest BCUT2D eigenvalue weighted by molar-refractivity contribution is 7.89. The van der Waals surface area contributed by atoms with Crippen molar-refractivity contribution in [2.45, 2.75) is 32.6 Å². The second-order valence-corrected chi connectivity index (χ2v) is 9.58. The fourth-order valence-electron chi connectivity index (χ4n) is 3.83. The van der Waals surface area contributed by atoms with Crippen LogP contribution in [0.5, 0.6) is 0 Å². The maximum atomic E-state index is 13.1. The van der Waals surface area contributed by atoms with Crippen LogP contribution < -0.4 is 10.2 Å². The molecule has 3 rings (SSSR count).